The smallest absolute Gasteiger partial charge is 0.0773 e. The average Bonchev–Trinajstić information content (AvgIpc) is 2.33. The monoisotopic (exact) mass is 133 g/mol. The van der Waals surface area contributed by atoms with Gasteiger partial charge in [-0.3, -0.25) is 0 Å². The van der Waals surface area contributed by atoms with Gasteiger partial charge in [0.05, 0.1) is 11.6 Å². The van der Waals surface area contributed by atoms with Gasteiger partial charge >= 0.3 is 0 Å². The van der Waals surface area contributed by atoms with Gasteiger partial charge < -0.3 is 5.73 Å². The summed E-state index contributed by atoms with van der Waals surface area (Å²) >= 11 is 0. The molecule has 10 heavy (non-hydrogen) atoms. The molecule has 2 rings (SSSR count). The normalized spacial score (nSPS) is 27.8. The molecule has 0 radical (unpaired) electrons. The van der Waals surface area contributed by atoms with Crippen LogP contribution in [0, 0.1) is 5.92 Å². The van der Waals surface area contributed by atoms with E-state index < -0.39 is 0 Å². The summed E-state index contributed by atoms with van der Waals surface area (Å²) in [5.41, 5.74) is 7.22. The van der Waals surface area contributed by atoms with Crippen molar-refractivity contribution < 1.29 is 0 Å². The van der Waals surface area contributed by atoms with E-state index in [2.05, 4.69) is 10.2 Å². The Labute approximate surface area is 58.6 Å². The molecule has 3 heteroatoms. The molecule has 3 nitrogen and oxygen atoms in total. The molecule has 50 valence electrons. The third kappa shape index (κ3) is 0.673. The van der Waals surface area contributed by atoms with E-state index in [4.69, 9.17) is 5.73 Å². The number of nitrogens with zero attached hydrogens (tertiary/aromatic N) is 2. The summed E-state index contributed by atoms with van der Waals surface area (Å²) in [4.78, 5) is 0. The van der Waals surface area contributed by atoms with Gasteiger partial charge in [0, 0.05) is 11.9 Å². The zero-order valence-corrected chi connectivity index (χ0v) is 5.36. The zero-order chi connectivity index (χ0) is 6.97. The SMILES string of the molecule is NC1=CC2=NN=C[C@H]2C=C1. The highest BCUT2D eigenvalue weighted by Crippen LogP contribution is 2.13. The molecule has 1 aliphatic carbocycles. The lowest BCUT2D eigenvalue weighted by Gasteiger charge is -2.06. The van der Waals surface area contributed by atoms with Gasteiger partial charge in [-0.2, -0.15) is 10.2 Å². The number of nitrogens with two attached hydrogens (primary N) is 1. The molecular formula is C7H7N3. The standard InChI is InChI=1S/C7H7N3/c8-6-2-1-5-4-9-10-7(5)3-6/h1-5H,8H2/t5-/m1/s1. The lowest BCUT2D eigenvalue weighted by Crippen LogP contribution is -2.13. The minimum atomic E-state index is 0.271. The summed E-state index contributed by atoms with van der Waals surface area (Å²) < 4.78 is 0. The number of rotatable bonds is 0. The predicted octanol–water partition coefficient (Wildman–Crippen LogP) is 0.455. The van der Waals surface area contributed by atoms with E-state index in [9.17, 15) is 0 Å². The molecule has 2 aliphatic rings. The fourth-order valence-corrected chi connectivity index (χ4v) is 1.02. The Morgan fingerprint density at radius 2 is 2.40 bits per heavy atom. The number of allylic oxidation sites excluding steroid dienone is 3. The van der Waals surface area contributed by atoms with Crippen LogP contribution in [0.2, 0.25) is 0 Å². The fourth-order valence-electron chi connectivity index (χ4n) is 1.02. The van der Waals surface area contributed by atoms with Gasteiger partial charge in [-0.25, -0.2) is 0 Å². The molecule has 0 amide bonds. The highest BCUT2D eigenvalue weighted by Gasteiger charge is 2.15. The van der Waals surface area contributed by atoms with Crippen molar-refractivity contribution in [1.29, 1.82) is 0 Å². The molecule has 0 aromatic carbocycles. The topological polar surface area (TPSA) is 50.7 Å². The van der Waals surface area contributed by atoms with Gasteiger partial charge in [-0.1, -0.05) is 6.08 Å². The van der Waals surface area contributed by atoms with Crippen molar-refractivity contribution in [3.05, 3.63) is 23.9 Å². The zero-order valence-electron chi connectivity index (χ0n) is 5.36. The summed E-state index contributed by atoms with van der Waals surface area (Å²) in [6, 6.07) is 0. The summed E-state index contributed by atoms with van der Waals surface area (Å²) in [6.45, 7) is 0. The van der Waals surface area contributed by atoms with Gasteiger partial charge in [0.15, 0.2) is 0 Å². The molecule has 1 heterocycles. The van der Waals surface area contributed by atoms with Gasteiger partial charge in [0.1, 0.15) is 0 Å². The Bertz CT molecular complexity index is 271. The van der Waals surface area contributed by atoms with Crippen LogP contribution in [0.25, 0.3) is 0 Å². The van der Waals surface area contributed by atoms with Crippen LogP contribution in [0.3, 0.4) is 0 Å². The van der Waals surface area contributed by atoms with Crippen LogP contribution < -0.4 is 5.73 Å². The number of hydrogen-bond acceptors (Lipinski definition) is 3. The first kappa shape index (κ1) is 5.41. The van der Waals surface area contributed by atoms with Gasteiger partial charge in [0.2, 0.25) is 0 Å². The average molecular weight is 133 g/mol. The van der Waals surface area contributed by atoms with Crippen molar-refractivity contribution in [2.75, 3.05) is 0 Å². The summed E-state index contributed by atoms with van der Waals surface area (Å²) in [5.74, 6) is 0.271. The Kier molecular flexibility index (Phi) is 0.974. The molecule has 0 spiro atoms. The molecule has 0 aromatic heterocycles. The molecule has 0 unspecified atom stereocenters. The molecule has 1 aliphatic heterocycles. The molecular weight excluding hydrogens is 126 g/mol. The predicted molar refractivity (Wildman–Crippen MR) is 40.8 cm³/mol. The molecule has 0 aromatic rings. The Hall–Kier alpha value is -1.38. The van der Waals surface area contributed by atoms with E-state index >= 15 is 0 Å². The largest absolute Gasteiger partial charge is 0.399 e. The highest BCUT2D eigenvalue weighted by molar-refractivity contribution is 6.10. The van der Waals surface area contributed by atoms with Crippen LogP contribution >= 0.6 is 0 Å². The second kappa shape index (κ2) is 1.80. The van der Waals surface area contributed by atoms with Gasteiger partial charge in [0.25, 0.3) is 0 Å². The van der Waals surface area contributed by atoms with E-state index in [1.807, 2.05) is 18.2 Å². The molecule has 1 atom stereocenters. The second-order valence-electron chi connectivity index (χ2n) is 2.32. The van der Waals surface area contributed by atoms with Crippen molar-refractivity contribution in [1.82, 2.24) is 0 Å². The van der Waals surface area contributed by atoms with Crippen molar-refractivity contribution >= 4 is 11.9 Å². The molecule has 0 saturated carbocycles. The third-order valence-electron chi connectivity index (χ3n) is 1.55. The maximum atomic E-state index is 5.53. The number of hydrogen-bond donors (Lipinski definition) is 1. The third-order valence-corrected chi connectivity index (χ3v) is 1.55. The van der Waals surface area contributed by atoms with E-state index in [0.29, 0.717) is 0 Å². The van der Waals surface area contributed by atoms with Crippen LogP contribution in [0.1, 0.15) is 0 Å². The van der Waals surface area contributed by atoms with Crippen LogP contribution in [0.4, 0.5) is 0 Å². The maximum Gasteiger partial charge on any atom is 0.0773 e. The van der Waals surface area contributed by atoms with Crippen molar-refractivity contribution in [3.63, 3.8) is 0 Å². The van der Waals surface area contributed by atoms with E-state index in [0.717, 1.165) is 11.4 Å². The Morgan fingerprint density at radius 3 is 3.30 bits per heavy atom. The van der Waals surface area contributed by atoms with E-state index in [1.165, 1.54) is 0 Å². The first-order valence-electron chi connectivity index (χ1n) is 3.13. The molecule has 0 saturated heterocycles. The Balaban J connectivity index is 2.39. The van der Waals surface area contributed by atoms with Crippen LogP contribution in [0.5, 0.6) is 0 Å². The lowest BCUT2D eigenvalue weighted by atomic mass is 9.99. The maximum absolute atomic E-state index is 5.53. The van der Waals surface area contributed by atoms with Crippen LogP contribution in [-0.2, 0) is 0 Å². The molecule has 0 fully saturated rings. The van der Waals surface area contributed by atoms with Gasteiger partial charge in [-0.05, 0) is 12.2 Å². The van der Waals surface area contributed by atoms with Crippen molar-refractivity contribution in [2.45, 2.75) is 0 Å². The quantitative estimate of drug-likeness (QED) is 0.512. The van der Waals surface area contributed by atoms with E-state index in [1.54, 1.807) is 6.21 Å². The lowest BCUT2D eigenvalue weighted by molar-refractivity contribution is 1.22. The Morgan fingerprint density at radius 1 is 1.50 bits per heavy atom. The van der Waals surface area contributed by atoms with Crippen molar-refractivity contribution in [2.24, 2.45) is 21.9 Å². The van der Waals surface area contributed by atoms with Gasteiger partial charge in [-0.15, -0.1) is 0 Å². The number of fused-ring (bicyclic) bond motifs is 1. The summed E-state index contributed by atoms with van der Waals surface area (Å²) in [7, 11) is 0. The van der Waals surface area contributed by atoms with E-state index in [-0.39, 0.29) is 5.92 Å². The minimum absolute atomic E-state index is 0.271. The second-order valence-corrected chi connectivity index (χ2v) is 2.32. The van der Waals surface area contributed by atoms with Crippen LogP contribution in [-0.4, -0.2) is 11.9 Å². The molecule has 0 bridgehead atoms. The minimum Gasteiger partial charge on any atom is -0.399 e. The molecule has 2 N–H and O–H groups in total. The first-order valence-corrected chi connectivity index (χ1v) is 3.13. The summed E-state index contributed by atoms with van der Waals surface area (Å²) in [6.07, 6.45) is 7.51. The fraction of sp³-hybridized carbons (Fsp3) is 0.143. The van der Waals surface area contributed by atoms with Crippen molar-refractivity contribution in [3.8, 4) is 0 Å². The highest BCUT2D eigenvalue weighted by atomic mass is 15.2. The van der Waals surface area contributed by atoms with Crippen LogP contribution in [0.15, 0.2) is 34.1 Å². The summed E-state index contributed by atoms with van der Waals surface area (Å²) in [5, 5.41) is 7.66. The first-order chi connectivity index (χ1) is 4.86.